The fourth-order valence-corrected chi connectivity index (χ4v) is 3.31. The van der Waals surface area contributed by atoms with Gasteiger partial charge in [-0.1, -0.05) is 0 Å². The van der Waals surface area contributed by atoms with Gasteiger partial charge in [0.05, 0.1) is 26.5 Å². The predicted molar refractivity (Wildman–Crippen MR) is 122 cm³/mol. The molecule has 1 atom stereocenters. The van der Waals surface area contributed by atoms with Gasteiger partial charge in [0.25, 0.3) is 5.91 Å². The van der Waals surface area contributed by atoms with Crippen molar-refractivity contribution in [3.8, 4) is 17.2 Å². The molecule has 2 N–H and O–H groups in total. The van der Waals surface area contributed by atoms with Gasteiger partial charge >= 0.3 is 5.97 Å². The minimum Gasteiger partial charge on any atom is -0.497 e. The van der Waals surface area contributed by atoms with Crippen molar-refractivity contribution in [2.75, 3.05) is 31.5 Å². The molecule has 0 saturated carbocycles. The van der Waals surface area contributed by atoms with Crippen LogP contribution in [-0.4, -0.2) is 44.7 Å². The van der Waals surface area contributed by atoms with Crippen LogP contribution in [-0.2, 0) is 25.5 Å². The summed E-state index contributed by atoms with van der Waals surface area (Å²) in [6, 6.07) is 10.5. The average Bonchev–Trinajstić information content (AvgIpc) is 2.81. The molecule has 0 spiro atoms. The maximum atomic E-state index is 12.4. The summed E-state index contributed by atoms with van der Waals surface area (Å²) < 4.78 is 21.3. The number of benzene rings is 2. The van der Waals surface area contributed by atoms with E-state index < -0.39 is 18.0 Å². The molecule has 1 aliphatic rings. The van der Waals surface area contributed by atoms with E-state index in [0.29, 0.717) is 48.8 Å². The normalized spacial score (nSPS) is 13.2. The Bertz CT molecular complexity index is 1020. The van der Waals surface area contributed by atoms with E-state index in [1.165, 1.54) is 21.1 Å². The highest BCUT2D eigenvalue weighted by Crippen LogP contribution is 2.29. The van der Waals surface area contributed by atoms with Gasteiger partial charge in [-0.3, -0.25) is 14.4 Å². The lowest BCUT2D eigenvalue weighted by atomic mass is 10.0. The standard InChI is InChI=1S/C24H28N2O7/c1-15(24(29)26-20-14-17(30-2)8-10-21(20)31-3)33-23(28)5-4-12-32-18-7-9-19-16(13-18)6-11-22(27)25-19/h7-10,13-15H,4-6,11-12H2,1-3H3,(H,25,27)(H,26,29)/t15-/m0/s1. The van der Waals surface area contributed by atoms with E-state index >= 15 is 0 Å². The van der Waals surface area contributed by atoms with Gasteiger partial charge in [-0.2, -0.15) is 0 Å². The summed E-state index contributed by atoms with van der Waals surface area (Å²) in [5.41, 5.74) is 2.25. The van der Waals surface area contributed by atoms with Crippen LogP contribution in [0.4, 0.5) is 11.4 Å². The van der Waals surface area contributed by atoms with Gasteiger partial charge < -0.3 is 29.6 Å². The lowest BCUT2D eigenvalue weighted by molar-refractivity contribution is -0.153. The largest absolute Gasteiger partial charge is 0.497 e. The minimum atomic E-state index is -0.981. The van der Waals surface area contributed by atoms with E-state index in [1.807, 2.05) is 12.1 Å². The van der Waals surface area contributed by atoms with Crippen LogP contribution in [0.25, 0.3) is 0 Å². The second-order valence-corrected chi connectivity index (χ2v) is 7.51. The number of esters is 1. The fraction of sp³-hybridized carbons (Fsp3) is 0.375. The first kappa shape index (κ1) is 23.9. The Kier molecular flexibility index (Phi) is 8.12. The molecular weight excluding hydrogens is 428 g/mol. The number of aryl methyl sites for hydroxylation is 1. The molecule has 9 nitrogen and oxygen atoms in total. The smallest absolute Gasteiger partial charge is 0.306 e. The highest BCUT2D eigenvalue weighted by Gasteiger charge is 2.20. The van der Waals surface area contributed by atoms with E-state index in [2.05, 4.69) is 10.6 Å². The van der Waals surface area contributed by atoms with E-state index in [0.717, 1.165) is 11.3 Å². The highest BCUT2D eigenvalue weighted by molar-refractivity contribution is 5.96. The van der Waals surface area contributed by atoms with Gasteiger partial charge in [0.2, 0.25) is 5.91 Å². The van der Waals surface area contributed by atoms with E-state index in [1.54, 1.807) is 24.3 Å². The molecule has 2 amide bonds. The molecule has 176 valence electrons. The van der Waals surface area contributed by atoms with Gasteiger partial charge in [0.15, 0.2) is 6.10 Å². The second kappa shape index (κ2) is 11.2. The molecule has 33 heavy (non-hydrogen) atoms. The van der Waals surface area contributed by atoms with Crippen molar-refractivity contribution in [2.45, 2.75) is 38.7 Å². The van der Waals surface area contributed by atoms with Crippen molar-refractivity contribution in [2.24, 2.45) is 0 Å². The minimum absolute atomic E-state index is 0.0141. The van der Waals surface area contributed by atoms with Crippen molar-refractivity contribution < 1.29 is 33.3 Å². The zero-order chi connectivity index (χ0) is 23.8. The number of anilines is 2. The van der Waals surface area contributed by atoms with Crippen LogP contribution in [0.5, 0.6) is 17.2 Å². The SMILES string of the molecule is COc1ccc(OC)c(NC(=O)[C@H](C)OC(=O)CCCOc2ccc3c(c2)CCC(=O)N3)c1. The molecule has 2 aromatic carbocycles. The van der Waals surface area contributed by atoms with Gasteiger partial charge in [-0.25, -0.2) is 0 Å². The fourth-order valence-electron chi connectivity index (χ4n) is 3.31. The zero-order valence-electron chi connectivity index (χ0n) is 18.9. The molecule has 0 saturated heterocycles. The van der Waals surface area contributed by atoms with E-state index in [4.69, 9.17) is 18.9 Å². The van der Waals surface area contributed by atoms with Crippen molar-refractivity contribution in [3.05, 3.63) is 42.0 Å². The summed E-state index contributed by atoms with van der Waals surface area (Å²) in [5.74, 6) is 0.738. The molecule has 9 heteroatoms. The molecular formula is C24H28N2O7. The number of hydrogen-bond acceptors (Lipinski definition) is 7. The summed E-state index contributed by atoms with van der Waals surface area (Å²) in [7, 11) is 3.01. The molecule has 1 heterocycles. The molecule has 0 bridgehead atoms. The third-order valence-corrected chi connectivity index (χ3v) is 5.11. The van der Waals surface area contributed by atoms with Gasteiger partial charge in [-0.05, 0) is 55.7 Å². The van der Waals surface area contributed by atoms with Crippen molar-refractivity contribution in [1.82, 2.24) is 0 Å². The first-order chi connectivity index (χ1) is 15.9. The number of nitrogens with one attached hydrogen (secondary N) is 2. The second-order valence-electron chi connectivity index (χ2n) is 7.51. The maximum absolute atomic E-state index is 12.4. The molecule has 3 rings (SSSR count). The zero-order valence-corrected chi connectivity index (χ0v) is 18.9. The summed E-state index contributed by atoms with van der Waals surface area (Å²) in [5, 5.41) is 5.51. The summed E-state index contributed by atoms with van der Waals surface area (Å²) in [4.78, 5) is 36.0. The van der Waals surface area contributed by atoms with Crippen LogP contribution >= 0.6 is 0 Å². The van der Waals surface area contributed by atoms with Gasteiger partial charge in [0, 0.05) is 24.6 Å². The number of methoxy groups -OCH3 is 2. The number of fused-ring (bicyclic) bond motifs is 1. The van der Waals surface area contributed by atoms with Crippen molar-refractivity contribution >= 4 is 29.2 Å². The number of amides is 2. The Hall–Kier alpha value is -3.75. The van der Waals surface area contributed by atoms with E-state index in [9.17, 15) is 14.4 Å². The van der Waals surface area contributed by atoms with Crippen LogP contribution in [0.3, 0.4) is 0 Å². The van der Waals surface area contributed by atoms with Crippen LogP contribution in [0.1, 0.15) is 31.7 Å². The number of ether oxygens (including phenoxy) is 4. The third kappa shape index (κ3) is 6.61. The lowest BCUT2D eigenvalue weighted by Gasteiger charge is -2.18. The van der Waals surface area contributed by atoms with Crippen LogP contribution < -0.4 is 24.8 Å². The molecule has 0 aromatic heterocycles. The van der Waals surface area contributed by atoms with Gasteiger partial charge in [-0.15, -0.1) is 0 Å². The van der Waals surface area contributed by atoms with Crippen LogP contribution in [0, 0.1) is 0 Å². The third-order valence-electron chi connectivity index (χ3n) is 5.11. The number of carbonyl (C=O) groups excluding carboxylic acids is 3. The summed E-state index contributed by atoms with van der Waals surface area (Å²) >= 11 is 0. The van der Waals surface area contributed by atoms with E-state index in [-0.39, 0.29) is 12.3 Å². The molecule has 2 aromatic rings. The lowest BCUT2D eigenvalue weighted by Crippen LogP contribution is -2.30. The van der Waals surface area contributed by atoms with Crippen LogP contribution in [0.15, 0.2) is 36.4 Å². The first-order valence-electron chi connectivity index (χ1n) is 10.7. The Labute approximate surface area is 192 Å². The Morgan fingerprint density at radius 1 is 1.06 bits per heavy atom. The topological polar surface area (TPSA) is 112 Å². The predicted octanol–water partition coefficient (Wildman–Crippen LogP) is 3.32. The Morgan fingerprint density at radius 3 is 2.61 bits per heavy atom. The molecule has 0 radical (unpaired) electrons. The Morgan fingerprint density at radius 2 is 1.85 bits per heavy atom. The first-order valence-corrected chi connectivity index (χ1v) is 10.7. The van der Waals surface area contributed by atoms with Crippen molar-refractivity contribution in [1.29, 1.82) is 0 Å². The quantitative estimate of drug-likeness (QED) is 0.417. The Balaban J connectivity index is 1.41. The molecule has 1 aliphatic heterocycles. The average molecular weight is 456 g/mol. The summed E-state index contributed by atoms with van der Waals surface area (Å²) in [6.07, 6.45) is 0.696. The van der Waals surface area contributed by atoms with Crippen LogP contribution in [0.2, 0.25) is 0 Å². The van der Waals surface area contributed by atoms with Crippen molar-refractivity contribution in [3.63, 3.8) is 0 Å². The number of hydrogen-bond donors (Lipinski definition) is 2. The maximum Gasteiger partial charge on any atom is 0.306 e. The number of rotatable bonds is 10. The molecule has 0 fully saturated rings. The summed E-state index contributed by atoms with van der Waals surface area (Å²) in [6.45, 7) is 1.82. The molecule has 0 aliphatic carbocycles. The number of carbonyl (C=O) groups is 3. The highest BCUT2D eigenvalue weighted by atomic mass is 16.5. The monoisotopic (exact) mass is 456 g/mol. The van der Waals surface area contributed by atoms with Gasteiger partial charge in [0.1, 0.15) is 17.2 Å². The molecule has 0 unspecified atom stereocenters.